The van der Waals surface area contributed by atoms with E-state index >= 15 is 0 Å². The van der Waals surface area contributed by atoms with Gasteiger partial charge < -0.3 is 10.5 Å². The number of morpholine rings is 1. The molecule has 3 heteroatoms. The second-order valence-electron chi connectivity index (χ2n) is 6.12. The van der Waals surface area contributed by atoms with Gasteiger partial charge in [-0.15, -0.1) is 0 Å². The van der Waals surface area contributed by atoms with Crippen molar-refractivity contribution in [2.75, 3.05) is 26.3 Å². The largest absolute Gasteiger partial charge is 0.379 e. The molecule has 0 radical (unpaired) electrons. The monoisotopic (exact) mass is 270 g/mol. The highest BCUT2D eigenvalue weighted by molar-refractivity contribution is 4.95. The van der Waals surface area contributed by atoms with Crippen molar-refractivity contribution < 1.29 is 4.74 Å². The van der Waals surface area contributed by atoms with Crippen LogP contribution in [0, 0.1) is 0 Å². The van der Waals surface area contributed by atoms with Crippen molar-refractivity contribution in [2.45, 2.75) is 77.3 Å². The van der Waals surface area contributed by atoms with Crippen LogP contribution in [-0.2, 0) is 4.74 Å². The average Bonchev–Trinajstić information content (AvgIpc) is 2.46. The minimum atomic E-state index is 0.147. The van der Waals surface area contributed by atoms with Crippen LogP contribution in [0.2, 0.25) is 0 Å². The van der Waals surface area contributed by atoms with Crippen molar-refractivity contribution in [3.8, 4) is 0 Å². The zero-order valence-corrected chi connectivity index (χ0v) is 13.3. The minimum Gasteiger partial charge on any atom is -0.379 e. The summed E-state index contributed by atoms with van der Waals surface area (Å²) in [6.07, 6.45) is 8.94. The van der Waals surface area contributed by atoms with Crippen molar-refractivity contribution in [2.24, 2.45) is 5.73 Å². The molecule has 0 aromatic heterocycles. The molecule has 2 atom stereocenters. The lowest BCUT2D eigenvalue weighted by Gasteiger charge is -2.46. The van der Waals surface area contributed by atoms with Crippen LogP contribution in [0.1, 0.15) is 65.7 Å². The second-order valence-corrected chi connectivity index (χ2v) is 6.12. The number of unbranched alkanes of at least 4 members (excludes halogenated alkanes) is 4. The summed E-state index contributed by atoms with van der Waals surface area (Å²) in [5.41, 5.74) is 6.67. The molecule has 0 aromatic rings. The normalized spacial score (nSPS) is 22.1. The van der Waals surface area contributed by atoms with Crippen LogP contribution in [-0.4, -0.2) is 42.8 Å². The topological polar surface area (TPSA) is 38.5 Å². The van der Waals surface area contributed by atoms with E-state index in [1.54, 1.807) is 0 Å². The highest BCUT2D eigenvalue weighted by atomic mass is 16.5. The first kappa shape index (κ1) is 16.9. The molecule has 2 unspecified atom stereocenters. The summed E-state index contributed by atoms with van der Waals surface area (Å²) in [6.45, 7) is 10.7. The molecule has 1 fully saturated rings. The van der Waals surface area contributed by atoms with Crippen molar-refractivity contribution in [1.82, 2.24) is 4.90 Å². The molecule has 0 amide bonds. The lowest BCUT2D eigenvalue weighted by molar-refractivity contribution is -0.0285. The number of rotatable bonds is 9. The SMILES string of the molecule is CCCCCCCC(N)C(C)(CC)N1CCOCC1. The van der Waals surface area contributed by atoms with Crippen LogP contribution in [0.5, 0.6) is 0 Å². The fourth-order valence-electron chi connectivity index (χ4n) is 3.07. The predicted octanol–water partition coefficient (Wildman–Crippen LogP) is 3.18. The maximum absolute atomic E-state index is 6.53. The number of ether oxygens (including phenoxy) is 1. The first-order valence-corrected chi connectivity index (χ1v) is 8.23. The molecule has 1 saturated heterocycles. The Bertz CT molecular complexity index is 229. The van der Waals surface area contributed by atoms with Gasteiger partial charge in [-0.25, -0.2) is 0 Å². The van der Waals surface area contributed by atoms with E-state index in [4.69, 9.17) is 10.5 Å². The Balaban J connectivity index is 2.38. The number of nitrogens with two attached hydrogens (primary N) is 1. The van der Waals surface area contributed by atoms with Gasteiger partial charge in [0.05, 0.1) is 13.2 Å². The fourth-order valence-corrected chi connectivity index (χ4v) is 3.07. The van der Waals surface area contributed by atoms with Gasteiger partial charge in [0.1, 0.15) is 0 Å². The van der Waals surface area contributed by atoms with E-state index in [-0.39, 0.29) is 11.6 Å². The molecule has 1 rings (SSSR count). The maximum Gasteiger partial charge on any atom is 0.0594 e. The second kappa shape index (κ2) is 8.93. The Labute approximate surface area is 119 Å². The molecule has 114 valence electrons. The van der Waals surface area contributed by atoms with Crippen LogP contribution < -0.4 is 5.73 Å². The van der Waals surface area contributed by atoms with Gasteiger partial charge in [-0.1, -0.05) is 46.0 Å². The van der Waals surface area contributed by atoms with Crippen molar-refractivity contribution >= 4 is 0 Å². The smallest absolute Gasteiger partial charge is 0.0594 e. The van der Waals surface area contributed by atoms with Gasteiger partial charge in [0.25, 0.3) is 0 Å². The van der Waals surface area contributed by atoms with Crippen LogP contribution >= 0.6 is 0 Å². The molecule has 0 spiro atoms. The molecule has 0 saturated carbocycles. The Morgan fingerprint density at radius 1 is 1.11 bits per heavy atom. The summed E-state index contributed by atoms with van der Waals surface area (Å²) < 4.78 is 5.46. The molecule has 1 aliphatic rings. The van der Waals surface area contributed by atoms with Gasteiger partial charge in [0.2, 0.25) is 0 Å². The Morgan fingerprint density at radius 3 is 2.32 bits per heavy atom. The van der Waals surface area contributed by atoms with E-state index in [1.165, 1.54) is 32.1 Å². The summed E-state index contributed by atoms with van der Waals surface area (Å²) in [7, 11) is 0. The molecule has 19 heavy (non-hydrogen) atoms. The Hall–Kier alpha value is -0.120. The molecule has 0 aliphatic carbocycles. The number of hydrogen-bond donors (Lipinski definition) is 1. The molecular weight excluding hydrogens is 236 g/mol. The van der Waals surface area contributed by atoms with Crippen LogP contribution in [0.15, 0.2) is 0 Å². The summed E-state index contributed by atoms with van der Waals surface area (Å²) in [6, 6.07) is 0.289. The minimum absolute atomic E-state index is 0.147. The van der Waals surface area contributed by atoms with E-state index in [1.807, 2.05) is 0 Å². The van der Waals surface area contributed by atoms with Gasteiger partial charge in [0, 0.05) is 24.7 Å². The van der Waals surface area contributed by atoms with Crippen LogP contribution in [0.25, 0.3) is 0 Å². The predicted molar refractivity (Wildman–Crippen MR) is 82.4 cm³/mol. The standard InChI is InChI=1S/C16H34N2O/c1-4-6-7-8-9-10-15(17)16(3,5-2)18-11-13-19-14-12-18/h15H,4-14,17H2,1-3H3. The highest BCUT2D eigenvalue weighted by Crippen LogP contribution is 2.26. The fraction of sp³-hybridized carbons (Fsp3) is 1.00. The molecule has 0 aromatic carbocycles. The Kier molecular flexibility index (Phi) is 7.96. The van der Waals surface area contributed by atoms with Gasteiger partial charge in [-0.2, -0.15) is 0 Å². The lowest BCUT2D eigenvalue weighted by Crippen LogP contribution is -2.60. The number of hydrogen-bond acceptors (Lipinski definition) is 3. The third-order valence-corrected chi connectivity index (χ3v) is 4.87. The average molecular weight is 270 g/mol. The molecule has 1 aliphatic heterocycles. The van der Waals surface area contributed by atoms with E-state index in [2.05, 4.69) is 25.7 Å². The van der Waals surface area contributed by atoms with Crippen molar-refractivity contribution in [3.05, 3.63) is 0 Å². The molecule has 0 bridgehead atoms. The quantitative estimate of drug-likeness (QED) is 0.654. The van der Waals surface area contributed by atoms with E-state index in [0.29, 0.717) is 0 Å². The summed E-state index contributed by atoms with van der Waals surface area (Å²) in [5, 5.41) is 0. The van der Waals surface area contributed by atoms with Crippen LogP contribution in [0.4, 0.5) is 0 Å². The van der Waals surface area contributed by atoms with Gasteiger partial charge in [-0.3, -0.25) is 4.90 Å². The first-order valence-electron chi connectivity index (χ1n) is 8.23. The lowest BCUT2D eigenvalue weighted by atomic mass is 9.84. The summed E-state index contributed by atoms with van der Waals surface area (Å²) in [5.74, 6) is 0. The van der Waals surface area contributed by atoms with Crippen molar-refractivity contribution in [1.29, 1.82) is 0 Å². The highest BCUT2D eigenvalue weighted by Gasteiger charge is 2.36. The van der Waals surface area contributed by atoms with Gasteiger partial charge >= 0.3 is 0 Å². The summed E-state index contributed by atoms with van der Waals surface area (Å²) >= 11 is 0. The molecule has 1 heterocycles. The van der Waals surface area contributed by atoms with E-state index in [9.17, 15) is 0 Å². The van der Waals surface area contributed by atoms with E-state index in [0.717, 1.165) is 39.1 Å². The zero-order valence-electron chi connectivity index (χ0n) is 13.3. The van der Waals surface area contributed by atoms with Crippen LogP contribution in [0.3, 0.4) is 0 Å². The van der Waals surface area contributed by atoms with Gasteiger partial charge in [-0.05, 0) is 19.8 Å². The first-order chi connectivity index (χ1) is 9.15. The third-order valence-electron chi connectivity index (χ3n) is 4.87. The molecule has 2 N–H and O–H groups in total. The third kappa shape index (κ3) is 5.05. The maximum atomic E-state index is 6.53. The van der Waals surface area contributed by atoms with Gasteiger partial charge in [0.15, 0.2) is 0 Å². The Morgan fingerprint density at radius 2 is 1.74 bits per heavy atom. The summed E-state index contributed by atoms with van der Waals surface area (Å²) in [4.78, 5) is 2.55. The molecule has 3 nitrogen and oxygen atoms in total. The van der Waals surface area contributed by atoms with Crippen molar-refractivity contribution in [3.63, 3.8) is 0 Å². The molecular formula is C16H34N2O. The zero-order chi connectivity index (χ0) is 14.1. The van der Waals surface area contributed by atoms with E-state index < -0.39 is 0 Å². The number of nitrogens with zero attached hydrogens (tertiary/aromatic N) is 1.